The molecule has 1 N–H and O–H groups in total. The fourth-order valence-corrected chi connectivity index (χ4v) is 2.67. The minimum atomic E-state index is -1.29. The van der Waals surface area contributed by atoms with Gasteiger partial charge in [0.05, 0.1) is 24.3 Å². The Morgan fingerprint density at radius 3 is 2.59 bits per heavy atom. The maximum Gasteiger partial charge on any atom is 0.339 e. The summed E-state index contributed by atoms with van der Waals surface area (Å²) in [4.78, 5) is 34.2. The number of methoxy groups -OCH3 is 1. The predicted molar refractivity (Wildman–Crippen MR) is 82.4 cm³/mol. The molecule has 0 saturated carbocycles. The fraction of sp³-hybridized carbons (Fsp3) is 0.286. The quantitative estimate of drug-likeness (QED) is 0.654. The second-order valence-corrected chi connectivity index (χ2v) is 5.58. The van der Waals surface area contributed by atoms with Gasteiger partial charge in [-0.15, -0.1) is 0 Å². The first-order valence-corrected chi connectivity index (χ1v) is 7.18. The lowest BCUT2D eigenvalue weighted by Crippen LogP contribution is -2.29. The van der Waals surface area contributed by atoms with Gasteiger partial charge in [0.25, 0.3) is 5.56 Å². The Labute approximate surface area is 133 Å². The van der Waals surface area contributed by atoms with Gasteiger partial charge < -0.3 is 9.84 Å². The Bertz CT molecular complexity index is 843. The van der Waals surface area contributed by atoms with Crippen LogP contribution < -0.4 is 5.56 Å². The Hall–Kier alpha value is -2.22. The Balaban J connectivity index is 2.87. The number of aromatic nitrogens is 2. The molecular weight excluding hydrogens is 356 g/mol. The van der Waals surface area contributed by atoms with Gasteiger partial charge >= 0.3 is 11.9 Å². The number of alkyl halides is 1. The molecule has 0 radical (unpaired) electrons. The Kier molecular flexibility index (Phi) is 4.32. The molecule has 2 rings (SSSR count). The molecule has 0 saturated heterocycles. The molecule has 1 atom stereocenters. The number of carboxylic acid groups (broad SMARTS) is 1. The van der Waals surface area contributed by atoms with E-state index in [9.17, 15) is 14.4 Å². The lowest BCUT2D eigenvalue weighted by molar-refractivity contribution is -0.138. The smallest absolute Gasteiger partial charge is 0.339 e. The molecule has 0 aliphatic rings. The summed E-state index contributed by atoms with van der Waals surface area (Å²) in [6.45, 7) is 3.35. The first kappa shape index (κ1) is 16.2. The highest BCUT2D eigenvalue weighted by Gasteiger charge is 2.22. The van der Waals surface area contributed by atoms with Gasteiger partial charge in [-0.25, -0.2) is 14.3 Å². The van der Waals surface area contributed by atoms with Crippen LogP contribution in [0.4, 0.5) is 0 Å². The number of nitrogens with zero attached hydrogens (tertiary/aromatic N) is 2. The third-order valence-corrected chi connectivity index (χ3v) is 4.14. The average molecular weight is 369 g/mol. The summed E-state index contributed by atoms with van der Waals surface area (Å²) in [7, 11) is 1.26. The molecular formula is C14H13BrN2O5. The molecule has 116 valence electrons. The van der Waals surface area contributed by atoms with Gasteiger partial charge in [0.1, 0.15) is 0 Å². The number of aryl methyl sites for hydroxylation is 2. The van der Waals surface area contributed by atoms with Crippen molar-refractivity contribution in [3.05, 3.63) is 39.3 Å². The van der Waals surface area contributed by atoms with Crippen LogP contribution >= 0.6 is 15.9 Å². The first-order chi connectivity index (χ1) is 10.3. The summed E-state index contributed by atoms with van der Waals surface area (Å²) in [5, 5.41) is 13.6. The zero-order valence-electron chi connectivity index (χ0n) is 12.1. The summed E-state index contributed by atoms with van der Waals surface area (Å²) < 4.78 is 5.55. The summed E-state index contributed by atoms with van der Waals surface area (Å²) in [5.41, 5.74) is 0.799. The van der Waals surface area contributed by atoms with E-state index in [-0.39, 0.29) is 5.39 Å². The van der Waals surface area contributed by atoms with Crippen LogP contribution in [-0.4, -0.2) is 33.9 Å². The number of esters is 1. The van der Waals surface area contributed by atoms with Gasteiger partial charge in [-0.1, -0.05) is 15.9 Å². The van der Waals surface area contributed by atoms with Gasteiger partial charge in [-0.3, -0.25) is 4.79 Å². The number of carboxylic acids is 1. The van der Waals surface area contributed by atoms with Gasteiger partial charge in [-0.2, -0.15) is 5.10 Å². The highest BCUT2D eigenvalue weighted by molar-refractivity contribution is 9.09. The Morgan fingerprint density at radius 1 is 1.41 bits per heavy atom. The fourth-order valence-electron chi connectivity index (χ4n) is 2.37. The molecule has 1 unspecified atom stereocenters. The number of hydrogen-bond acceptors (Lipinski definition) is 5. The summed E-state index contributed by atoms with van der Waals surface area (Å²) >= 11 is 2.90. The highest BCUT2D eigenvalue weighted by atomic mass is 79.9. The number of carbonyl (C=O) groups excluding carboxylic acids is 1. The van der Waals surface area contributed by atoms with Crippen molar-refractivity contribution in [2.24, 2.45) is 0 Å². The number of rotatable bonds is 3. The van der Waals surface area contributed by atoms with Crippen LogP contribution in [0.25, 0.3) is 10.8 Å². The third kappa shape index (κ3) is 2.50. The average Bonchev–Trinajstić information content (AvgIpc) is 2.46. The molecule has 1 aromatic heterocycles. The van der Waals surface area contributed by atoms with Gasteiger partial charge in [0.15, 0.2) is 0 Å². The molecule has 22 heavy (non-hydrogen) atoms. The van der Waals surface area contributed by atoms with E-state index in [1.807, 2.05) is 0 Å². The molecule has 7 nitrogen and oxygen atoms in total. The normalized spacial score (nSPS) is 12.2. The SMILES string of the molecule is COC(=O)c1c(C)cc2cnn(C(Br)C(=O)O)c(=O)c2c1C. The van der Waals surface area contributed by atoms with E-state index in [1.165, 1.54) is 13.3 Å². The number of aliphatic carboxylic acids is 1. The largest absolute Gasteiger partial charge is 0.479 e. The lowest BCUT2D eigenvalue weighted by Gasteiger charge is -2.13. The van der Waals surface area contributed by atoms with Crippen molar-refractivity contribution in [3.63, 3.8) is 0 Å². The monoisotopic (exact) mass is 368 g/mol. The highest BCUT2D eigenvalue weighted by Crippen LogP contribution is 2.24. The van der Waals surface area contributed by atoms with Crippen LogP contribution in [-0.2, 0) is 9.53 Å². The van der Waals surface area contributed by atoms with E-state index in [1.54, 1.807) is 19.9 Å². The van der Waals surface area contributed by atoms with Crippen molar-refractivity contribution in [1.29, 1.82) is 0 Å². The first-order valence-electron chi connectivity index (χ1n) is 6.26. The van der Waals surface area contributed by atoms with Crippen molar-refractivity contribution < 1.29 is 19.4 Å². The maximum atomic E-state index is 12.5. The zero-order chi connectivity index (χ0) is 16.6. The van der Waals surface area contributed by atoms with Crippen molar-refractivity contribution in [2.45, 2.75) is 18.8 Å². The van der Waals surface area contributed by atoms with E-state index in [2.05, 4.69) is 21.0 Å². The van der Waals surface area contributed by atoms with Crippen molar-refractivity contribution in [2.75, 3.05) is 7.11 Å². The number of carbonyl (C=O) groups is 2. The van der Waals surface area contributed by atoms with Crippen LogP contribution in [0.1, 0.15) is 26.4 Å². The molecule has 8 heteroatoms. The van der Waals surface area contributed by atoms with E-state index in [4.69, 9.17) is 9.84 Å². The molecule has 1 aromatic carbocycles. The van der Waals surface area contributed by atoms with Crippen LogP contribution in [0.5, 0.6) is 0 Å². The van der Waals surface area contributed by atoms with Crippen LogP contribution in [0.15, 0.2) is 17.1 Å². The number of ether oxygens (including phenoxy) is 1. The van der Waals surface area contributed by atoms with E-state index in [0.29, 0.717) is 22.1 Å². The molecule has 1 heterocycles. The molecule has 0 aliphatic carbocycles. The van der Waals surface area contributed by atoms with Crippen LogP contribution in [0, 0.1) is 13.8 Å². The lowest BCUT2D eigenvalue weighted by atomic mass is 9.97. The van der Waals surface area contributed by atoms with Crippen molar-refractivity contribution >= 4 is 38.6 Å². The van der Waals surface area contributed by atoms with E-state index >= 15 is 0 Å². The number of hydrogen-bond donors (Lipinski definition) is 1. The summed E-state index contributed by atoms with van der Waals surface area (Å²) in [6, 6.07) is 1.65. The molecule has 0 aliphatic heterocycles. The summed E-state index contributed by atoms with van der Waals surface area (Å²) in [5.74, 6) is -1.79. The minimum Gasteiger partial charge on any atom is -0.479 e. The second kappa shape index (κ2) is 5.88. The summed E-state index contributed by atoms with van der Waals surface area (Å²) in [6.07, 6.45) is 1.40. The minimum absolute atomic E-state index is 0.242. The van der Waals surface area contributed by atoms with Gasteiger partial charge in [0.2, 0.25) is 4.95 Å². The Morgan fingerprint density at radius 2 is 2.05 bits per heavy atom. The van der Waals surface area contributed by atoms with Crippen LogP contribution in [0.2, 0.25) is 0 Å². The molecule has 0 fully saturated rings. The second-order valence-electron chi connectivity index (χ2n) is 4.72. The topological polar surface area (TPSA) is 98.5 Å². The van der Waals surface area contributed by atoms with Crippen molar-refractivity contribution in [3.8, 4) is 0 Å². The van der Waals surface area contributed by atoms with Gasteiger partial charge in [-0.05, 0) is 31.0 Å². The molecule has 0 spiro atoms. The van der Waals surface area contributed by atoms with Crippen molar-refractivity contribution in [1.82, 2.24) is 9.78 Å². The maximum absolute atomic E-state index is 12.5. The predicted octanol–water partition coefficient (Wildman–Crippen LogP) is 1.78. The van der Waals surface area contributed by atoms with Crippen LogP contribution in [0.3, 0.4) is 0 Å². The molecule has 0 amide bonds. The van der Waals surface area contributed by atoms with E-state index in [0.717, 1.165) is 4.68 Å². The van der Waals surface area contributed by atoms with Gasteiger partial charge in [0, 0.05) is 5.39 Å². The van der Waals surface area contributed by atoms with E-state index < -0.39 is 22.4 Å². The molecule has 2 aromatic rings. The standard InChI is InChI=1S/C14H13BrN2O5/c1-6-4-8-5-16-17(11(15)13(19)20)12(18)10(8)7(2)9(6)14(21)22-3/h4-5,11H,1-3H3,(H,19,20). The number of benzene rings is 1. The number of fused-ring (bicyclic) bond motifs is 1. The zero-order valence-corrected chi connectivity index (χ0v) is 13.7. The molecule has 0 bridgehead atoms. The number of halogens is 1. The third-order valence-electron chi connectivity index (χ3n) is 3.36.